The van der Waals surface area contributed by atoms with E-state index < -0.39 is 5.60 Å². The van der Waals surface area contributed by atoms with Crippen LogP contribution in [0.5, 0.6) is 0 Å². The smallest absolute Gasteiger partial charge is 0.243 e. The predicted molar refractivity (Wildman–Crippen MR) is 51.8 cm³/mol. The average molecular weight is 194 g/mol. The van der Waals surface area contributed by atoms with Crippen LogP contribution in [0.4, 0.5) is 5.95 Å². The summed E-state index contributed by atoms with van der Waals surface area (Å²) in [5.74, 6) is 0.547. The van der Waals surface area contributed by atoms with Crippen LogP contribution in [0.1, 0.15) is 25.5 Å². The van der Waals surface area contributed by atoms with E-state index in [4.69, 9.17) is 0 Å². The molecule has 1 aliphatic carbocycles. The fraction of sp³-hybridized carbons (Fsp3) is 0.667. The maximum Gasteiger partial charge on any atom is 0.243 e. The Morgan fingerprint density at radius 1 is 1.57 bits per heavy atom. The zero-order valence-electron chi connectivity index (χ0n) is 8.36. The molecule has 1 saturated carbocycles. The third-order valence-electron chi connectivity index (χ3n) is 2.38. The van der Waals surface area contributed by atoms with Gasteiger partial charge < -0.3 is 10.4 Å². The molecule has 1 fully saturated rings. The van der Waals surface area contributed by atoms with Gasteiger partial charge >= 0.3 is 0 Å². The van der Waals surface area contributed by atoms with Crippen molar-refractivity contribution < 1.29 is 5.11 Å². The minimum atomic E-state index is -0.519. The fourth-order valence-electron chi connectivity index (χ4n) is 1.73. The molecule has 0 radical (unpaired) electrons. The molecule has 5 nitrogen and oxygen atoms in total. The van der Waals surface area contributed by atoms with Gasteiger partial charge in [0.2, 0.25) is 5.95 Å². The lowest BCUT2D eigenvalue weighted by Crippen LogP contribution is -2.48. The molecule has 2 N–H and O–H groups in total. The highest BCUT2D eigenvalue weighted by Crippen LogP contribution is 2.32. The van der Waals surface area contributed by atoms with Gasteiger partial charge in [0, 0.05) is 6.04 Å². The number of aryl methyl sites for hydroxylation is 1. The topological polar surface area (TPSA) is 70.9 Å². The monoisotopic (exact) mass is 194 g/mol. The maximum absolute atomic E-state index is 9.52. The van der Waals surface area contributed by atoms with Crippen molar-refractivity contribution in [2.75, 3.05) is 5.32 Å². The van der Waals surface area contributed by atoms with E-state index >= 15 is 0 Å². The van der Waals surface area contributed by atoms with Gasteiger partial charge in [-0.2, -0.15) is 5.10 Å². The molecule has 1 aromatic rings. The Labute approximate surface area is 82.6 Å². The molecular weight excluding hydrogens is 180 g/mol. The second-order valence-corrected chi connectivity index (χ2v) is 4.17. The number of aromatic nitrogens is 3. The Morgan fingerprint density at radius 3 is 2.86 bits per heavy atom. The minimum Gasteiger partial charge on any atom is -0.390 e. The van der Waals surface area contributed by atoms with Gasteiger partial charge in [0.15, 0.2) is 0 Å². The van der Waals surface area contributed by atoms with Gasteiger partial charge in [0.25, 0.3) is 0 Å². The van der Waals surface area contributed by atoms with E-state index in [0.717, 1.165) is 18.5 Å². The van der Waals surface area contributed by atoms with Crippen LogP contribution in [0.25, 0.3) is 0 Å². The summed E-state index contributed by atoms with van der Waals surface area (Å²) >= 11 is 0. The molecule has 0 aromatic carbocycles. The Bertz CT molecular complexity index is 331. The summed E-state index contributed by atoms with van der Waals surface area (Å²) in [6.45, 7) is 3.71. The highest BCUT2D eigenvalue weighted by atomic mass is 16.3. The van der Waals surface area contributed by atoms with Crippen molar-refractivity contribution in [3.05, 3.63) is 11.9 Å². The first-order valence-electron chi connectivity index (χ1n) is 4.70. The number of nitrogens with one attached hydrogen (secondary N) is 1. The number of hydrogen-bond acceptors (Lipinski definition) is 5. The molecule has 0 spiro atoms. The number of aliphatic hydroxyl groups is 1. The first-order chi connectivity index (χ1) is 6.55. The highest BCUT2D eigenvalue weighted by molar-refractivity contribution is 5.26. The van der Waals surface area contributed by atoms with Crippen LogP contribution in [-0.4, -0.2) is 31.9 Å². The van der Waals surface area contributed by atoms with Crippen molar-refractivity contribution in [3.8, 4) is 0 Å². The fourth-order valence-corrected chi connectivity index (χ4v) is 1.73. The zero-order valence-corrected chi connectivity index (χ0v) is 8.36. The first kappa shape index (κ1) is 9.33. The van der Waals surface area contributed by atoms with E-state index in [1.54, 1.807) is 6.20 Å². The van der Waals surface area contributed by atoms with E-state index in [1.165, 1.54) is 0 Å². The molecular formula is C9H14N4O. The highest BCUT2D eigenvalue weighted by Gasteiger charge is 2.38. The van der Waals surface area contributed by atoms with E-state index in [9.17, 15) is 5.11 Å². The van der Waals surface area contributed by atoms with E-state index in [1.807, 2.05) is 13.8 Å². The Morgan fingerprint density at radius 2 is 2.29 bits per heavy atom. The van der Waals surface area contributed by atoms with Crippen molar-refractivity contribution in [2.45, 2.75) is 38.3 Å². The normalized spacial score (nSPS) is 30.9. The lowest BCUT2D eigenvalue weighted by atomic mass is 9.77. The Balaban J connectivity index is 1.93. The summed E-state index contributed by atoms with van der Waals surface area (Å²) in [6, 6.07) is 0.272. The van der Waals surface area contributed by atoms with Gasteiger partial charge in [-0.1, -0.05) is 0 Å². The summed E-state index contributed by atoms with van der Waals surface area (Å²) in [6.07, 6.45) is 3.09. The van der Waals surface area contributed by atoms with Crippen molar-refractivity contribution in [3.63, 3.8) is 0 Å². The van der Waals surface area contributed by atoms with Crippen LogP contribution < -0.4 is 5.32 Å². The van der Waals surface area contributed by atoms with Crippen LogP contribution in [0.2, 0.25) is 0 Å². The lowest BCUT2D eigenvalue weighted by molar-refractivity contribution is -0.0236. The Kier molecular flexibility index (Phi) is 2.11. The number of anilines is 1. The van der Waals surface area contributed by atoms with E-state index in [2.05, 4.69) is 20.5 Å². The third kappa shape index (κ3) is 1.98. The maximum atomic E-state index is 9.52. The third-order valence-corrected chi connectivity index (χ3v) is 2.38. The quantitative estimate of drug-likeness (QED) is 0.717. The summed E-state index contributed by atoms with van der Waals surface area (Å²) in [5.41, 5.74) is 0.322. The number of nitrogens with zero attached hydrogens (tertiary/aromatic N) is 3. The predicted octanol–water partition coefficient (Wildman–Crippen LogP) is 0.505. The molecule has 1 heterocycles. The van der Waals surface area contributed by atoms with Crippen LogP contribution in [-0.2, 0) is 0 Å². The van der Waals surface area contributed by atoms with Crippen LogP contribution in [0.15, 0.2) is 6.20 Å². The molecule has 0 saturated heterocycles. The summed E-state index contributed by atoms with van der Waals surface area (Å²) in [5, 5.41) is 20.3. The molecule has 14 heavy (non-hydrogen) atoms. The first-order valence-corrected chi connectivity index (χ1v) is 4.70. The molecule has 1 aliphatic rings. The lowest BCUT2D eigenvalue weighted by Gasteiger charge is -2.41. The summed E-state index contributed by atoms with van der Waals surface area (Å²) < 4.78 is 0. The van der Waals surface area contributed by atoms with Crippen LogP contribution in [0, 0.1) is 6.92 Å². The van der Waals surface area contributed by atoms with Crippen LogP contribution in [0.3, 0.4) is 0 Å². The zero-order chi connectivity index (χ0) is 10.2. The molecule has 0 unspecified atom stereocenters. The standard InChI is InChI=1S/C9H14N4O/c1-6-5-10-13-8(11-6)12-7-3-9(2,14)4-7/h5,7,14H,3-4H2,1-2H3,(H,11,12,13). The molecule has 0 bridgehead atoms. The van der Waals surface area contributed by atoms with Gasteiger partial charge in [-0.15, -0.1) is 5.10 Å². The molecule has 0 aliphatic heterocycles. The summed E-state index contributed by atoms with van der Waals surface area (Å²) in [4.78, 5) is 4.18. The Hall–Kier alpha value is -1.23. The number of hydrogen-bond donors (Lipinski definition) is 2. The second kappa shape index (κ2) is 3.16. The number of rotatable bonds is 2. The van der Waals surface area contributed by atoms with Gasteiger partial charge in [-0.25, -0.2) is 4.98 Å². The van der Waals surface area contributed by atoms with Gasteiger partial charge in [0.1, 0.15) is 0 Å². The largest absolute Gasteiger partial charge is 0.390 e. The van der Waals surface area contributed by atoms with Gasteiger partial charge in [-0.3, -0.25) is 0 Å². The molecule has 76 valence electrons. The van der Waals surface area contributed by atoms with Gasteiger partial charge in [0.05, 0.1) is 17.5 Å². The average Bonchev–Trinajstić information content (AvgIpc) is 2.00. The van der Waals surface area contributed by atoms with E-state index in [0.29, 0.717) is 5.95 Å². The summed E-state index contributed by atoms with van der Waals surface area (Å²) in [7, 11) is 0. The van der Waals surface area contributed by atoms with Crippen molar-refractivity contribution in [2.24, 2.45) is 0 Å². The molecule has 0 amide bonds. The molecule has 1 aromatic heterocycles. The van der Waals surface area contributed by atoms with Crippen molar-refractivity contribution >= 4 is 5.95 Å². The van der Waals surface area contributed by atoms with E-state index in [-0.39, 0.29) is 6.04 Å². The van der Waals surface area contributed by atoms with Crippen LogP contribution >= 0.6 is 0 Å². The van der Waals surface area contributed by atoms with Crippen molar-refractivity contribution in [1.82, 2.24) is 15.2 Å². The van der Waals surface area contributed by atoms with Crippen molar-refractivity contribution in [1.29, 1.82) is 0 Å². The minimum absolute atomic E-state index is 0.272. The van der Waals surface area contributed by atoms with Gasteiger partial charge in [-0.05, 0) is 26.7 Å². The second-order valence-electron chi connectivity index (χ2n) is 4.17. The SMILES string of the molecule is Cc1cnnc(NC2CC(C)(O)C2)n1. The molecule has 5 heteroatoms. The molecule has 0 atom stereocenters. The molecule has 2 rings (SSSR count).